The van der Waals surface area contributed by atoms with Gasteiger partial charge in [0.2, 0.25) is 0 Å². The van der Waals surface area contributed by atoms with Crippen LogP contribution in [0.5, 0.6) is 0 Å². The fourth-order valence-electron chi connectivity index (χ4n) is 4.25. The van der Waals surface area contributed by atoms with Gasteiger partial charge in [0.15, 0.2) is 0 Å². The molecule has 3 heteroatoms. The van der Waals surface area contributed by atoms with E-state index in [1.165, 1.54) is 63.4 Å². The maximum atomic E-state index is 4.79. The molecule has 0 radical (unpaired) electrons. The zero-order valence-electron chi connectivity index (χ0n) is 23.6. The Balaban J connectivity index is 0.000000926. The molecule has 1 aliphatic heterocycles. The SMILES string of the molecule is C=C/C(=C\C)C1=CN=C2C(CCc3snc(C)c3/C(=C/CC)CCC)=CC=CC12.CC.CCCC. The highest BCUT2D eigenvalue weighted by Gasteiger charge is 2.28. The molecule has 2 aliphatic rings. The van der Waals surface area contributed by atoms with Crippen LogP contribution in [-0.4, -0.2) is 10.1 Å². The summed E-state index contributed by atoms with van der Waals surface area (Å²) >= 11 is 1.67. The molecular weight excluding hydrogens is 444 g/mol. The Morgan fingerprint density at radius 1 is 1.09 bits per heavy atom. The van der Waals surface area contributed by atoms with E-state index in [4.69, 9.17) is 9.37 Å². The van der Waals surface area contributed by atoms with Crippen molar-refractivity contribution in [2.24, 2.45) is 10.9 Å². The van der Waals surface area contributed by atoms with Crippen LogP contribution in [0.25, 0.3) is 5.57 Å². The molecule has 3 rings (SSSR count). The van der Waals surface area contributed by atoms with Crippen LogP contribution >= 0.6 is 11.5 Å². The first-order valence-corrected chi connectivity index (χ1v) is 14.4. The zero-order valence-corrected chi connectivity index (χ0v) is 24.4. The lowest BCUT2D eigenvalue weighted by Crippen LogP contribution is -2.17. The van der Waals surface area contributed by atoms with E-state index in [1.54, 1.807) is 11.5 Å². The Bertz CT molecular complexity index is 977. The molecule has 1 aromatic rings. The number of nitrogens with zero attached hydrogens (tertiary/aromatic N) is 2. The van der Waals surface area contributed by atoms with Gasteiger partial charge < -0.3 is 0 Å². The lowest BCUT2D eigenvalue weighted by atomic mass is 9.83. The Morgan fingerprint density at radius 3 is 2.37 bits per heavy atom. The normalized spacial score (nSPS) is 16.8. The van der Waals surface area contributed by atoms with Gasteiger partial charge in [0, 0.05) is 22.6 Å². The fourth-order valence-corrected chi connectivity index (χ4v) is 5.15. The first-order chi connectivity index (χ1) is 17.1. The van der Waals surface area contributed by atoms with Crippen LogP contribution in [0.3, 0.4) is 0 Å². The van der Waals surface area contributed by atoms with E-state index in [9.17, 15) is 0 Å². The van der Waals surface area contributed by atoms with Crippen LogP contribution in [0.2, 0.25) is 0 Å². The Labute approximate surface area is 220 Å². The summed E-state index contributed by atoms with van der Waals surface area (Å²) in [7, 11) is 0. The molecule has 0 amide bonds. The maximum absolute atomic E-state index is 4.79. The third-order valence-corrected chi connectivity index (χ3v) is 7.11. The van der Waals surface area contributed by atoms with Crippen LogP contribution in [0.15, 0.2) is 70.9 Å². The Hall–Kier alpha value is -2.26. The van der Waals surface area contributed by atoms with Gasteiger partial charge in [0.25, 0.3) is 0 Å². The molecule has 2 nitrogen and oxygen atoms in total. The smallest absolute Gasteiger partial charge is 0.0589 e. The van der Waals surface area contributed by atoms with Crippen molar-refractivity contribution in [2.45, 2.75) is 100 Å². The predicted molar refractivity (Wildman–Crippen MR) is 160 cm³/mol. The molecule has 0 fully saturated rings. The van der Waals surface area contributed by atoms with Gasteiger partial charge in [0.05, 0.1) is 11.4 Å². The molecule has 0 saturated heterocycles. The van der Waals surface area contributed by atoms with E-state index in [1.807, 2.05) is 26.1 Å². The molecular formula is C32H48N2S. The van der Waals surface area contributed by atoms with Gasteiger partial charge in [0.1, 0.15) is 0 Å². The van der Waals surface area contributed by atoms with Gasteiger partial charge in [-0.3, -0.25) is 4.99 Å². The summed E-state index contributed by atoms with van der Waals surface area (Å²) in [6.07, 6.45) is 23.1. The second-order valence-electron chi connectivity index (χ2n) is 8.56. The van der Waals surface area contributed by atoms with Crippen molar-refractivity contribution in [3.8, 4) is 0 Å². The molecule has 0 N–H and O–H groups in total. The molecule has 2 heterocycles. The van der Waals surface area contributed by atoms with Gasteiger partial charge in [-0.1, -0.05) is 104 Å². The average Bonchev–Trinajstić information content (AvgIpc) is 3.48. The number of hydrogen-bond acceptors (Lipinski definition) is 3. The third-order valence-electron chi connectivity index (χ3n) is 6.11. The van der Waals surface area contributed by atoms with E-state index in [0.717, 1.165) is 25.7 Å². The van der Waals surface area contributed by atoms with Crippen molar-refractivity contribution in [3.63, 3.8) is 0 Å². The van der Waals surface area contributed by atoms with Crippen molar-refractivity contribution < 1.29 is 0 Å². The van der Waals surface area contributed by atoms with E-state index in [0.29, 0.717) is 0 Å². The van der Waals surface area contributed by atoms with Crippen LogP contribution in [-0.2, 0) is 6.42 Å². The lowest BCUT2D eigenvalue weighted by Gasteiger charge is -2.20. The molecule has 1 aromatic heterocycles. The second-order valence-corrected chi connectivity index (χ2v) is 9.41. The monoisotopic (exact) mass is 492 g/mol. The van der Waals surface area contributed by atoms with Gasteiger partial charge >= 0.3 is 0 Å². The van der Waals surface area contributed by atoms with Crippen LogP contribution < -0.4 is 0 Å². The molecule has 0 bridgehead atoms. The van der Waals surface area contributed by atoms with Crippen LogP contribution in [0.4, 0.5) is 0 Å². The van der Waals surface area contributed by atoms with Gasteiger partial charge in [-0.05, 0) is 73.4 Å². The molecule has 35 heavy (non-hydrogen) atoms. The molecule has 192 valence electrons. The summed E-state index contributed by atoms with van der Waals surface area (Å²) in [5.41, 5.74) is 9.02. The third kappa shape index (κ3) is 8.42. The fraction of sp³-hybridized carbons (Fsp3) is 0.500. The number of allylic oxidation sites excluding steroid dienone is 10. The number of aliphatic imine (C=N–C) groups is 1. The van der Waals surface area contributed by atoms with E-state index in [-0.39, 0.29) is 5.92 Å². The van der Waals surface area contributed by atoms with Gasteiger partial charge in [-0.2, -0.15) is 4.37 Å². The Kier molecular flexibility index (Phi) is 15.1. The summed E-state index contributed by atoms with van der Waals surface area (Å²) in [5, 5.41) is 0. The highest BCUT2D eigenvalue weighted by atomic mass is 32.1. The topological polar surface area (TPSA) is 25.2 Å². The minimum atomic E-state index is 0.262. The van der Waals surface area contributed by atoms with E-state index >= 15 is 0 Å². The summed E-state index contributed by atoms with van der Waals surface area (Å²) in [5.74, 6) is 0.262. The number of aromatic nitrogens is 1. The first-order valence-electron chi connectivity index (χ1n) is 13.6. The molecule has 1 atom stereocenters. The van der Waals surface area contributed by atoms with Crippen molar-refractivity contribution in [1.82, 2.24) is 4.37 Å². The Morgan fingerprint density at radius 2 is 1.80 bits per heavy atom. The maximum Gasteiger partial charge on any atom is 0.0589 e. The molecule has 1 unspecified atom stereocenters. The van der Waals surface area contributed by atoms with E-state index in [2.05, 4.69) is 78.5 Å². The summed E-state index contributed by atoms with van der Waals surface area (Å²) in [6.45, 7) is 21.0. The van der Waals surface area contributed by atoms with Crippen LogP contribution in [0, 0.1) is 12.8 Å². The number of aryl methyl sites for hydroxylation is 2. The number of hydrogen-bond donors (Lipinski definition) is 0. The van der Waals surface area contributed by atoms with Crippen LogP contribution in [0.1, 0.15) is 103 Å². The van der Waals surface area contributed by atoms with E-state index < -0.39 is 0 Å². The van der Waals surface area contributed by atoms with Crippen molar-refractivity contribution in [3.05, 3.63) is 82.1 Å². The zero-order chi connectivity index (χ0) is 26.2. The summed E-state index contributed by atoms with van der Waals surface area (Å²) in [6, 6.07) is 0. The minimum Gasteiger partial charge on any atom is -0.260 e. The van der Waals surface area contributed by atoms with Crippen molar-refractivity contribution >= 4 is 22.8 Å². The largest absolute Gasteiger partial charge is 0.260 e. The molecule has 0 spiro atoms. The highest BCUT2D eigenvalue weighted by Crippen LogP contribution is 2.36. The molecule has 1 aliphatic carbocycles. The lowest BCUT2D eigenvalue weighted by molar-refractivity contribution is 0.886. The first kappa shape index (κ1) is 30.8. The quantitative estimate of drug-likeness (QED) is 0.298. The summed E-state index contributed by atoms with van der Waals surface area (Å²) < 4.78 is 4.70. The van der Waals surface area contributed by atoms with Gasteiger partial charge in [-0.25, -0.2) is 0 Å². The second kappa shape index (κ2) is 17.2. The highest BCUT2D eigenvalue weighted by molar-refractivity contribution is 7.06. The number of rotatable bonds is 10. The standard InChI is InChI=1S/C26H32N2S.C4H10.C2H6/c1-6-11-20(12-7-2)25-18(5)28-29-24(25)16-15-21-13-10-14-22-23(17-27-26(21)22)19(8-3)9-4;1-3-4-2;1-2/h8-11,13-14,17,22H,3,6-7,12,15-16H2,1-2,4-5H3;3-4H2,1-2H3;1-2H3/b19-9+,20-11+;;. The summed E-state index contributed by atoms with van der Waals surface area (Å²) in [4.78, 5) is 6.21. The van der Waals surface area contributed by atoms with Crippen molar-refractivity contribution in [1.29, 1.82) is 0 Å². The minimum absolute atomic E-state index is 0.262. The molecule has 0 saturated carbocycles. The van der Waals surface area contributed by atoms with Crippen molar-refractivity contribution in [2.75, 3.05) is 0 Å². The molecule has 0 aromatic carbocycles. The predicted octanol–water partition coefficient (Wildman–Crippen LogP) is 10.4. The number of fused-ring (bicyclic) bond motifs is 1. The number of unbranched alkanes of at least 4 members (excludes halogenated alkanes) is 1. The average molecular weight is 493 g/mol. The van der Waals surface area contributed by atoms with Gasteiger partial charge in [-0.15, -0.1) is 0 Å².